The Hall–Kier alpha value is -5.63. The molecule has 5 aromatic rings. The minimum atomic E-state index is -0.533. The summed E-state index contributed by atoms with van der Waals surface area (Å²) in [6.45, 7) is 6.57. The molecule has 0 saturated carbocycles. The van der Waals surface area contributed by atoms with Gasteiger partial charge in [0.2, 0.25) is 0 Å². The second-order valence-corrected chi connectivity index (χ2v) is 11.8. The van der Waals surface area contributed by atoms with E-state index < -0.39 is 11.9 Å². The van der Waals surface area contributed by atoms with Crippen LogP contribution in [0.3, 0.4) is 0 Å². The van der Waals surface area contributed by atoms with E-state index in [9.17, 15) is 14.4 Å². The molecule has 1 atom stereocenters. The molecule has 0 saturated heterocycles. The molecule has 244 valence electrons. The lowest BCUT2D eigenvalue weighted by molar-refractivity contribution is -0.141. The number of carbonyl (C=O) groups excluding carboxylic acids is 3. The Morgan fingerprint density at radius 2 is 1.35 bits per heavy atom. The van der Waals surface area contributed by atoms with Gasteiger partial charge < -0.3 is 14.2 Å². The number of carbonyl (C=O) groups is 3. The number of fused-ring (bicyclic) bond motifs is 1. The van der Waals surface area contributed by atoms with E-state index in [4.69, 9.17) is 9.68 Å². The van der Waals surface area contributed by atoms with Crippen LogP contribution in [0.2, 0.25) is 0 Å². The highest BCUT2D eigenvalue weighted by atomic mass is 16.7. The zero-order chi connectivity index (χ0) is 34.0. The van der Waals surface area contributed by atoms with E-state index in [1.807, 2.05) is 71.4 Å². The van der Waals surface area contributed by atoms with Crippen LogP contribution < -0.4 is 0 Å². The van der Waals surface area contributed by atoms with E-state index in [1.54, 1.807) is 25.1 Å². The molecular weight excluding hydrogens is 602 g/mol. The third-order valence-corrected chi connectivity index (χ3v) is 8.24. The minimum absolute atomic E-state index is 0.173. The third-order valence-electron chi connectivity index (χ3n) is 8.24. The molecule has 48 heavy (non-hydrogen) atoms. The van der Waals surface area contributed by atoms with Gasteiger partial charge in [0.25, 0.3) is 0 Å². The van der Waals surface area contributed by atoms with Crippen LogP contribution in [0.25, 0.3) is 16.6 Å². The maximum atomic E-state index is 14.0. The summed E-state index contributed by atoms with van der Waals surface area (Å²) in [6.07, 6.45) is 5.40. The van der Waals surface area contributed by atoms with Crippen molar-refractivity contribution in [2.45, 2.75) is 59.3 Å². The second-order valence-electron chi connectivity index (χ2n) is 11.8. The quantitative estimate of drug-likeness (QED) is 0.0421. The van der Waals surface area contributed by atoms with Crippen molar-refractivity contribution in [3.05, 3.63) is 137 Å². The van der Waals surface area contributed by atoms with Crippen molar-refractivity contribution in [3.63, 3.8) is 0 Å². The number of rotatable bonds is 13. The fraction of sp³-hybridized carbons (Fsp3) is 0.225. The molecule has 8 nitrogen and oxygen atoms in total. The summed E-state index contributed by atoms with van der Waals surface area (Å²) in [6, 6.07) is 32.9. The smallest absolute Gasteiger partial charge is 0.318 e. The summed E-state index contributed by atoms with van der Waals surface area (Å²) in [5.74, 6) is -0.775. The molecule has 5 rings (SSSR count). The van der Waals surface area contributed by atoms with Crippen LogP contribution >= 0.6 is 0 Å². The molecule has 1 heterocycles. The number of aromatic nitrogens is 1. The molecule has 0 fully saturated rings. The standard InChI is InChI=1S/C40H39N3O5/c1-27(31-16-7-5-8-17-31)15-11-13-21-37(42-48-30(4)45)36-26-43(38-22-14-12-20-34(36)38)39-24-23-33(28(2)41-47-29(3)44)25-35(39)40(46)32-18-9-6-10-19-32/h5-10,12,14,16-20,22-27H,11,13,15,21H2,1-4H3/b41-28+,42-37+. The van der Waals surface area contributed by atoms with Crippen molar-refractivity contribution in [2.75, 3.05) is 0 Å². The summed E-state index contributed by atoms with van der Waals surface area (Å²) >= 11 is 0. The summed E-state index contributed by atoms with van der Waals surface area (Å²) < 4.78 is 1.98. The molecule has 0 N–H and O–H groups in total. The minimum Gasteiger partial charge on any atom is -0.318 e. The number of hydrogen-bond donors (Lipinski definition) is 0. The highest BCUT2D eigenvalue weighted by molar-refractivity contribution is 6.14. The Morgan fingerprint density at radius 1 is 0.708 bits per heavy atom. The lowest BCUT2D eigenvalue weighted by atomic mass is 9.94. The lowest BCUT2D eigenvalue weighted by Crippen LogP contribution is -2.10. The second kappa shape index (κ2) is 15.8. The number of unbranched alkanes of at least 4 members (excludes halogenated alkanes) is 1. The predicted octanol–water partition coefficient (Wildman–Crippen LogP) is 8.78. The molecule has 0 aliphatic rings. The molecular formula is C40H39N3O5. The van der Waals surface area contributed by atoms with Crippen LogP contribution in [-0.2, 0) is 19.3 Å². The number of oxime groups is 2. The van der Waals surface area contributed by atoms with Crippen molar-refractivity contribution in [2.24, 2.45) is 10.3 Å². The number of ketones is 1. The molecule has 1 aromatic heterocycles. The van der Waals surface area contributed by atoms with Crippen LogP contribution in [0.15, 0.2) is 120 Å². The molecule has 0 radical (unpaired) electrons. The van der Waals surface area contributed by atoms with Gasteiger partial charge in [-0.15, -0.1) is 0 Å². The van der Waals surface area contributed by atoms with Crippen molar-refractivity contribution in [3.8, 4) is 5.69 Å². The van der Waals surface area contributed by atoms with E-state index in [2.05, 4.69) is 41.5 Å². The molecule has 1 unspecified atom stereocenters. The van der Waals surface area contributed by atoms with Crippen LogP contribution in [0, 0.1) is 0 Å². The first kappa shape index (κ1) is 33.7. The van der Waals surface area contributed by atoms with Gasteiger partial charge in [0, 0.05) is 42.1 Å². The van der Waals surface area contributed by atoms with E-state index in [-0.39, 0.29) is 5.78 Å². The Kier molecular flexibility index (Phi) is 11.1. The molecule has 0 aliphatic heterocycles. The fourth-order valence-corrected chi connectivity index (χ4v) is 5.73. The van der Waals surface area contributed by atoms with Gasteiger partial charge in [0.05, 0.1) is 22.6 Å². The molecule has 8 heteroatoms. The molecule has 0 aliphatic carbocycles. The maximum Gasteiger partial charge on any atom is 0.331 e. The summed E-state index contributed by atoms with van der Waals surface area (Å²) in [5.41, 5.74) is 6.36. The average Bonchev–Trinajstić information content (AvgIpc) is 3.49. The maximum absolute atomic E-state index is 14.0. The third kappa shape index (κ3) is 8.20. The first-order chi connectivity index (χ1) is 23.2. The van der Waals surface area contributed by atoms with Gasteiger partial charge in [-0.1, -0.05) is 109 Å². The molecule has 4 aromatic carbocycles. The highest BCUT2D eigenvalue weighted by Crippen LogP contribution is 2.31. The van der Waals surface area contributed by atoms with Gasteiger partial charge >= 0.3 is 11.9 Å². The van der Waals surface area contributed by atoms with E-state index in [0.717, 1.165) is 35.7 Å². The molecule has 0 spiro atoms. The van der Waals surface area contributed by atoms with Crippen LogP contribution in [0.5, 0.6) is 0 Å². The zero-order valence-electron chi connectivity index (χ0n) is 27.7. The first-order valence-corrected chi connectivity index (χ1v) is 16.1. The van der Waals surface area contributed by atoms with Crippen molar-refractivity contribution in [1.82, 2.24) is 4.57 Å². The van der Waals surface area contributed by atoms with Crippen LogP contribution in [0.1, 0.15) is 91.9 Å². The Morgan fingerprint density at radius 3 is 2.06 bits per heavy atom. The summed E-state index contributed by atoms with van der Waals surface area (Å²) in [7, 11) is 0. The van der Waals surface area contributed by atoms with Gasteiger partial charge in [-0.2, -0.15) is 0 Å². The van der Waals surface area contributed by atoms with Gasteiger partial charge in [-0.25, -0.2) is 9.59 Å². The monoisotopic (exact) mass is 641 g/mol. The number of benzene rings is 4. The Labute approximate surface area is 280 Å². The first-order valence-electron chi connectivity index (χ1n) is 16.1. The SMILES string of the molecule is CC(=O)O/N=C(\C)c1ccc(-n2cc(/C(CCCCC(C)c3ccccc3)=N/OC(C)=O)c3ccccc32)c(C(=O)c2ccccc2)c1. The van der Waals surface area contributed by atoms with Gasteiger partial charge in [-0.05, 0) is 61.4 Å². The van der Waals surface area contributed by atoms with Crippen molar-refractivity contribution in [1.29, 1.82) is 0 Å². The van der Waals surface area contributed by atoms with Gasteiger partial charge in [0.1, 0.15) is 0 Å². The Balaban J connectivity index is 1.54. The average molecular weight is 642 g/mol. The molecule has 0 bridgehead atoms. The van der Waals surface area contributed by atoms with Gasteiger partial charge in [-0.3, -0.25) is 4.79 Å². The normalized spacial score (nSPS) is 12.5. The largest absolute Gasteiger partial charge is 0.331 e. The zero-order valence-corrected chi connectivity index (χ0v) is 27.7. The van der Waals surface area contributed by atoms with Crippen LogP contribution in [-0.4, -0.2) is 33.7 Å². The fourth-order valence-electron chi connectivity index (χ4n) is 5.73. The number of para-hydroxylation sites is 1. The lowest BCUT2D eigenvalue weighted by Gasteiger charge is -2.14. The summed E-state index contributed by atoms with van der Waals surface area (Å²) in [5, 5.41) is 9.18. The van der Waals surface area contributed by atoms with E-state index in [1.165, 1.54) is 19.4 Å². The van der Waals surface area contributed by atoms with Crippen molar-refractivity contribution >= 4 is 40.0 Å². The van der Waals surface area contributed by atoms with E-state index >= 15 is 0 Å². The highest BCUT2D eigenvalue weighted by Gasteiger charge is 2.21. The topological polar surface area (TPSA) is 99.3 Å². The number of nitrogens with zero attached hydrogens (tertiary/aromatic N) is 3. The summed E-state index contributed by atoms with van der Waals surface area (Å²) in [4.78, 5) is 47.4. The predicted molar refractivity (Wildman–Crippen MR) is 189 cm³/mol. The van der Waals surface area contributed by atoms with Gasteiger partial charge in [0.15, 0.2) is 5.78 Å². The van der Waals surface area contributed by atoms with Crippen LogP contribution in [0.4, 0.5) is 0 Å². The van der Waals surface area contributed by atoms with E-state index in [0.29, 0.717) is 46.1 Å². The Bertz CT molecular complexity index is 1980. The van der Waals surface area contributed by atoms with Crippen molar-refractivity contribution < 1.29 is 24.1 Å². The number of hydrogen-bond acceptors (Lipinski definition) is 7. The molecule has 0 amide bonds.